The van der Waals surface area contributed by atoms with Gasteiger partial charge in [-0.3, -0.25) is 0 Å². The first-order chi connectivity index (χ1) is 10.3. The van der Waals surface area contributed by atoms with E-state index in [0.717, 1.165) is 30.2 Å². The third kappa shape index (κ3) is 3.75. The van der Waals surface area contributed by atoms with Gasteiger partial charge in [0.05, 0.1) is 13.2 Å². The van der Waals surface area contributed by atoms with Gasteiger partial charge >= 0.3 is 0 Å². The maximum Gasteiger partial charge on any atom is 0.231 e. The normalized spacial score (nSPS) is 12.8. The standard InChI is InChI=1S/C16H19NO3S/c1-2-17-8-13-4-5-14(21-13)10-18-9-12-3-6-15-16(7-12)20-11-19-15/h3-7,17H,2,8-11H2,1H3. The minimum atomic E-state index is 0.309. The molecule has 5 heteroatoms. The van der Waals surface area contributed by atoms with Gasteiger partial charge in [0.15, 0.2) is 11.5 Å². The summed E-state index contributed by atoms with van der Waals surface area (Å²) in [5.74, 6) is 1.62. The summed E-state index contributed by atoms with van der Waals surface area (Å²) >= 11 is 1.80. The summed E-state index contributed by atoms with van der Waals surface area (Å²) in [7, 11) is 0. The van der Waals surface area contributed by atoms with Crippen LogP contribution >= 0.6 is 11.3 Å². The molecule has 4 nitrogen and oxygen atoms in total. The first kappa shape index (κ1) is 14.4. The van der Waals surface area contributed by atoms with Crippen LogP contribution in [-0.2, 0) is 24.5 Å². The molecule has 0 saturated heterocycles. The zero-order valence-corrected chi connectivity index (χ0v) is 12.9. The highest BCUT2D eigenvalue weighted by atomic mass is 32.1. The molecular formula is C16H19NO3S. The van der Waals surface area contributed by atoms with E-state index in [-0.39, 0.29) is 0 Å². The second-order valence-electron chi connectivity index (χ2n) is 4.83. The van der Waals surface area contributed by atoms with Crippen LogP contribution in [0.2, 0.25) is 0 Å². The second kappa shape index (κ2) is 6.93. The SMILES string of the molecule is CCNCc1ccc(COCc2ccc3c(c2)OCO3)s1. The average Bonchev–Trinajstić information content (AvgIpc) is 3.13. The van der Waals surface area contributed by atoms with Crippen LogP contribution in [0.5, 0.6) is 11.5 Å². The van der Waals surface area contributed by atoms with Gasteiger partial charge in [-0.2, -0.15) is 0 Å². The van der Waals surface area contributed by atoms with Crippen molar-refractivity contribution in [1.29, 1.82) is 0 Å². The van der Waals surface area contributed by atoms with Gasteiger partial charge in [-0.1, -0.05) is 13.0 Å². The lowest BCUT2D eigenvalue weighted by molar-refractivity contribution is 0.109. The van der Waals surface area contributed by atoms with Gasteiger partial charge in [-0.15, -0.1) is 11.3 Å². The van der Waals surface area contributed by atoms with Crippen LogP contribution in [0.4, 0.5) is 0 Å². The summed E-state index contributed by atoms with van der Waals surface area (Å²) in [5, 5.41) is 3.33. The third-order valence-electron chi connectivity index (χ3n) is 3.22. The topological polar surface area (TPSA) is 39.7 Å². The van der Waals surface area contributed by atoms with Crippen molar-refractivity contribution in [2.24, 2.45) is 0 Å². The van der Waals surface area contributed by atoms with E-state index >= 15 is 0 Å². The zero-order valence-electron chi connectivity index (χ0n) is 12.1. The van der Waals surface area contributed by atoms with Crippen LogP contribution in [0.25, 0.3) is 0 Å². The zero-order chi connectivity index (χ0) is 14.5. The lowest BCUT2D eigenvalue weighted by Crippen LogP contribution is -2.10. The van der Waals surface area contributed by atoms with Gasteiger partial charge in [0.2, 0.25) is 6.79 Å². The Hall–Kier alpha value is -1.56. The van der Waals surface area contributed by atoms with Crippen LogP contribution in [0.3, 0.4) is 0 Å². The lowest BCUT2D eigenvalue weighted by atomic mass is 10.2. The summed E-state index contributed by atoms with van der Waals surface area (Å²) in [6, 6.07) is 10.2. The highest BCUT2D eigenvalue weighted by Gasteiger charge is 2.13. The number of fused-ring (bicyclic) bond motifs is 1. The monoisotopic (exact) mass is 305 g/mol. The fourth-order valence-corrected chi connectivity index (χ4v) is 3.07. The molecule has 112 valence electrons. The van der Waals surface area contributed by atoms with Gasteiger partial charge in [-0.05, 0) is 36.4 Å². The highest BCUT2D eigenvalue weighted by molar-refractivity contribution is 7.11. The Balaban J connectivity index is 1.48. The van der Waals surface area contributed by atoms with E-state index in [4.69, 9.17) is 14.2 Å². The smallest absolute Gasteiger partial charge is 0.231 e. The molecule has 0 radical (unpaired) electrons. The summed E-state index contributed by atoms with van der Waals surface area (Å²) in [6.07, 6.45) is 0. The maximum atomic E-state index is 5.78. The van der Waals surface area contributed by atoms with Crippen LogP contribution < -0.4 is 14.8 Å². The number of hydrogen-bond donors (Lipinski definition) is 1. The predicted molar refractivity (Wildman–Crippen MR) is 82.8 cm³/mol. The Morgan fingerprint density at radius 3 is 2.86 bits per heavy atom. The number of rotatable bonds is 7. The molecular weight excluding hydrogens is 286 g/mol. The van der Waals surface area contributed by atoms with Crippen molar-refractivity contribution in [3.05, 3.63) is 45.6 Å². The molecule has 21 heavy (non-hydrogen) atoms. The van der Waals surface area contributed by atoms with Crippen molar-refractivity contribution in [1.82, 2.24) is 5.32 Å². The molecule has 3 rings (SSSR count). The molecule has 2 heterocycles. The molecule has 1 N–H and O–H groups in total. The molecule has 0 unspecified atom stereocenters. The van der Waals surface area contributed by atoms with Crippen LogP contribution in [0, 0.1) is 0 Å². The molecule has 1 aromatic heterocycles. The summed E-state index contributed by atoms with van der Waals surface area (Å²) < 4.78 is 16.4. The number of nitrogens with one attached hydrogen (secondary N) is 1. The van der Waals surface area contributed by atoms with Crippen LogP contribution in [0.1, 0.15) is 22.2 Å². The van der Waals surface area contributed by atoms with Gasteiger partial charge in [0.25, 0.3) is 0 Å². The van der Waals surface area contributed by atoms with Crippen LogP contribution in [0.15, 0.2) is 30.3 Å². The Morgan fingerprint density at radius 1 is 1.10 bits per heavy atom. The number of thiophene rings is 1. The first-order valence-corrected chi connectivity index (χ1v) is 7.91. The molecule has 0 amide bonds. The van der Waals surface area contributed by atoms with Crippen molar-refractivity contribution in [3.63, 3.8) is 0 Å². The van der Waals surface area contributed by atoms with E-state index in [2.05, 4.69) is 24.4 Å². The minimum absolute atomic E-state index is 0.309. The van der Waals surface area contributed by atoms with E-state index in [1.165, 1.54) is 9.75 Å². The summed E-state index contributed by atoms with van der Waals surface area (Å²) in [5.41, 5.74) is 1.10. The van der Waals surface area contributed by atoms with E-state index in [0.29, 0.717) is 20.0 Å². The van der Waals surface area contributed by atoms with Gasteiger partial charge in [-0.25, -0.2) is 0 Å². The van der Waals surface area contributed by atoms with Crippen molar-refractivity contribution in [3.8, 4) is 11.5 Å². The molecule has 0 spiro atoms. The minimum Gasteiger partial charge on any atom is -0.454 e. The van der Waals surface area contributed by atoms with Crippen molar-refractivity contribution in [2.45, 2.75) is 26.7 Å². The first-order valence-electron chi connectivity index (χ1n) is 7.09. The molecule has 1 aromatic carbocycles. The number of benzene rings is 1. The molecule has 1 aliphatic heterocycles. The number of hydrogen-bond acceptors (Lipinski definition) is 5. The molecule has 1 aliphatic rings. The van der Waals surface area contributed by atoms with Gasteiger partial charge < -0.3 is 19.5 Å². The Kier molecular flexibility index (Phi) is 4.75. The van der Waals surface area contributed by atoms with E-state index in [1.54, 1.807) is 11.3 Å². The molecule has 0 fully saturated rings. The van der Waals surface area contributed by atoms with E-state index in [1.807, 2.05) is 18.2 Å². The van der Waals surface area contributed by atoms with Crippen LogP contribution in [-0.4, -0.2) is 13.3 Å². The highest BCUT2D eigenvalue weighted by Crippen LogP contribution is 2.32. The predicted octanol–water partition coefficient (Wildman–Crippen LogP) is 3.30. The third-order valence-corrected chi connectivity index (χ3v) is 4.28. The lowest BCUT2D eigenvalue weighted by Gasteiger charge is -2.04. The fourth-order valence-electron chi connectivity index (χ4n) is 2.14. The van der Waals surface area contributed by atoms with Crippen molar-refractivity contribution in [2.75, 3.05) is 13.3 Å². The maximum absolute atomic E-state index is 5.78. The average molecular weight is 305 g/mol. The summed E-state index contributed by atoms with van der Waals surface area (Å²) in [4.78, 5) is 2.60. The van der Waals surface area contributed by atoms with Crippen molar-refractivity contribution < 1.29 is 14.2 Å². The van der Waals surface area contributed by atoms with E-state index < -0.39 is 0 Å². The molecule has 0 bridgehead atoms. The summed E-state index contributed by atoms with van der Waals surface area (Å²) in [6.45, 7) is 5.58. The quantitative estimate of drug-likeness (QED) is 0.852. The van der Waals surface area contributed by atoms with Gasteiger partial charge in [0, 0.05) is 16.3 Å². The fraction of sp³-hybridized carbons (Fsp3) is 0.375. The molecule has 0 saturated carbocycles. The van der Waals surface area contributed by atoms with Gasteiger partial charge in [0.1, 0.15) is 0 Å². The van der Waals surface area contributed by atoms with Crippen molar-refractivity contribution >= 4 is 11.3 Å². The largest absolute Gasteiger partial charge is 0.454 e. The Bertz CT molecular complexity index is 597. The molecule has 0 aliphatic carbocycles. The Labute approximate surface area is 128 Å². The van der Waals surface area contributed by atoms with E-state index in [9.17, 15) is 0 Å². The Morgan fingerprint density at radius 2 is 1.95 bits per heavy atom. The number of ether oxygens (including phenoxy) is 3. The molecule has 2 aromatic rings. The molecule has 0 atom stereocenters. The second-order valence-corrected chi connectivity index (χ2v) is 6.08.